The van der Waals surface area contributed by atoms with E-state index < -0.39 is 0 Å². The molecule has 0 heterocycles. The smallest absolute Gasteiger partial charge is 0.180 e. The molecular weight excluding hydrogens is 400 g/mol. The summed E-state index contributed by atoms with van der Waals surface area (Å²) in [5.74, 6) is 0.603. The number of benzene rings is 3. The zero-order chi connectivity index (χ0) is 19.9. The van der Waals surface area contributed by atoms with Crippen LogP contribution < -0.4 is 14.8 Å². The standard InChI is InChI=1S/C22H20Cl2FNO2/c1-2-27-21-11-15(13-26-18-8-5-7-17(23)12-18)10-19(24)22(21)28-14-16-6-3-4-9-20(16)25/h3-12,26H,2,13-14H2,1H3. The maximum atomic E-state index is 13.8. The molecule has 0 saturated heterocycles. The van der Waals surface area contributed by atoms with Crippen LogP contribution in [-0.2, 0) is 13.2 Å². The molecule has 146 valence electrons. The lowest BCUT2D eigenvalue weighted by molar-refractivity contribution is 0.266. The van der Waals surface area contributed by atoms with E-state index in [1.165, 1.54) is 6.07 Å². The molecule has 0 unspecified atom stereocenters. The molecule has 3 nitrogen and oxygen atoms in total. The van der Waals surface area contributed by atoms with Crippen molar-refractivity contribution in [1.29, 1.82) is 0 Å². The summed E-state index contributed by atoms with van der Waals surface area (Å²) in [4.78, 5) is 0. The molecule has 0 radical (unpaired) electrons. The summed E-state index contributed by atoms with van der Waals surface area (Å²) in [5.41, 5.74) is 2.28. The second-order valence-electron chi connectivity index (χ2n) is 6.08. The maximum Gasteiger partial charge on any atom is 0.180 e. The molecule has 0 spiro atoms. The minimum atomic E-state index is -0.320. The number of hydrogen-bond acceptors (Lipinski definition) is 3. The number of rotatable bonds is 8. The van der Waals surface area contributed by atoms with Gasteiger partial charge in [-0.1, -0.05) is 47.5 Å². The second-order valence-corrected chi connectivity index (χ2v) is 6.93. The van der Waals surface area contributed by atoms with Crippen LogP contribution in [0.5, 0.6) is 11.5 Å². The van der Waals surface area contributed by atoms with Crippen LogP contribution in [0.25, 0.3) is 0 Å². The molecule has 0 bridgehead atoms. The second kappa shape index (κ2) is 9.67. The highest BCUT2D eigenvalue weighted by Crippen LogP contribution is 2.37. The van der Waals surface area contributed by atoms with E-state index in [1.54, 1.807) is 24.3 Å². The van der Waals surface area contributed by atoms with Gasteiger partial charge in [0, 0.05) is 22.8 Å². The molecule has 0 aliphatic carbocycles. The molecule has 6 heteroatoms. The summed E-state index contributed by atoms with van der Waals surface area (Å²) >= 11 is 12.4. The Balaban J connectivity index is 1.76. The first kappa shape index (κ1) is 20.3. The molecule has 3 aromatic carbocycles. The summed E-state index contributed by atoms with van der Waals surface area (Å²) < 4.78 is 25.3. The Labute approximate surface area is 174 Å². The maximum absolute atomic E-state index is 13.8. The number of halogens is 3. The van der Waals surface area contributed by atoms with E-state index >= 15 is 0 Å². The summed E-state index contributed by atoms with van der Waals surface area (Å²) in [6, 6.07) is 17.6. The van der Waals surface area contributed by atoms with Gasteiger partial charge in [0.05, 0.1) is 11.6 Å². The molecule has 28 heavy (non-hydrogen) atoms. The Kier molecular flexibility index (Phi) is 7.01. The van der Waals surface area contributed by atoms with Crippen molar-refractivity contribution in [2.24, 2.45) is 0 Å². The Bertz CT molecular complexity index is 950. The fourth-order valence-corrected chi connectivity index (χ4v) is 3.17. The SMILES string of the molecule is CCOc1cc(CNc2cccc(Cl)c2)cc(Cl)c1OCc1ccccc1F. The first-order chi connectivity index (χ1) is 13.6. The van der Waals surface area contributed by atoms with E-state index in [4.69, 9.17) is 32.7 Å². The van der Waals surface area contributed by atoms with Gasteiger partial charge < -0.3 is 14.8 Å². The van der Waals surface area contributed by atoms with Crippen LogP contribution in [0.15, 0.2) is 60.7 Å². The van der Waals surface area contributed by atoms with Crippen molar-refractivity contribution in [1.82, 2.24) is 0 Å². The van der Waals surface area contributed by atoms with Crippen molar-refractivity contribution < 1.29 is 13.9 Å². The summed E-state index contributed by atoms with van der Waals surface area (Å²) in [5, 5.41) is 4.36. The van der Waals surface area contributed by atoms with Gasteiger partial charge in [0.15, 0.2) is 11.5 Å². The molecule has 0 atom stereocenters. The Morgan fingerprint density at radius 3 is 2.54 bits per heavy atom. The molecule has 1 N–H and O–H groups in total. The monoisotopic (exact) mass is 419 g/mol. The third-order valence-electron chi connectivity index (χ3n) is 4.02. The van der Waals surface area contributed by atoms with E-state index in [9.17, 15) is 4.39 Å². The molecule has 0 aromatic heterocycles. The fraction of sp³-hybridized carbons (Fsp3) is 0.182. The zero-order valence-electron chi connectivity index (χ0n) is 15.3. The molecular formula is C22H20Cl2FNO2. The first-order valence-corrected chi connectivity index (χ1v) is 9.63. The van der Waals surface area contributed by atoms with E-state index in [-0.39, 0.29) is 12.4 Å². The van der Waals surface area contributed by atoms with Crippen molar-refractivity contribution in [3.05, 3.63) is 87.7 Å². The van der Waals surface area contributed by atoms with Crippen LogP contribution in [0, 0.1) is 5.82 Å². The van der Waals surface area contributed by atoms with Gasteiger partial charge in [0.1, 0.15) is 12.4 Å². The topological polar surface area (TPSA) is 30.5 Å². The van der Waals surface area contributed by atoms with Gasteiger partial charge in [-0.2, -0.15) is 0 Å². The zero-order valence-corrected chi connectivity index (χ0v) is 16.9. The van der Waals surface area contributed by atoms with Crippen LogP contribution >= 0.6 is 23.2 Å². The molecule has 3 aromatic rings. The van der Waals surface area contributed by atoms with Crippen molar-refractivity contribution in [3.8, 4) is 11.5 Å². The molecule has 3 rings (SSSR count). The van der Waals surface area contributed by atoms with Crippen LogP contribution in [0.4, 0.5) is 10.1 Å². The Morgan fingerprint density at radius 2 is 1.79 bits per heavy atom. The highest BCUT2D eigenvalue weighted by Gasteiger charge is 2.14. The predicted molar refractivity (Wildman–Crippen MR) is 112 cm³/mol. The largest absolute Gasteiger partial charge is 0.490 e. The van der Waals surface area contributed by atoms with Crippen molar-refractivity contribution in [3.63, 3.8) is 0 Å². The van der Waals surface area contributed by atoms with E-state index in [0.29, 0.717) is 40.3 Å². The quantitative estimate of drug-likeness (QED) is 0.439. The lowest BCUT2D eigenvalue weighted by atomic mass is 10.2. The predicted octanol–water partition coefficient (Wildman–Crippen LogP) is 6.72. The average molecular weight is 420 g/mol. The van der Waals surface area contributed by atoms with Crippen molar-refractivity contribution in [2.45, 2.75) is 20.1 Å². The molecule has 0 saturated carbocycles. The number of anilines is 1. The van der Waals surface area contributed by atoms with E-state index in [2.05, 4.69) is 5.32 Å². The third-order valence-corrected chi connectivity index (χ3v) is 4.54. The first-order valence-electron chi connectivity index (χ1n) is 8.87. The van der Waals surface area contributed by atoms with Gasteiger partial charge in [-0.15, -0.1) is 0 Å². The highest BCUT2D eigenvalue weighted by molar-refractivity contribution is 6.32. The van der Waals surface area contributed by atoms with Gasteiger partial charge in [-0.25, -0.2) is 4.39 Å². The molecule has 0 fully saturated rings. The van der Waals surface area contributed by atoms with Gasteiger partial charge in [0.2, 0.25) is 0 Å². The van der Waals surface area contributed by atoms with Crippen molar-refractivity contribution in [2.75, 3.05) is 11.9 Å². The van der Waals surface area contributed by atoms with Gasteiger partial charge in [-0.05, 0) is 48.9 Å². The molecule has 0 amide bonds. The highest BCUT2D eigenvalue weighted by atomic mass is 35.5. The fourth-order valence-electron chi connectivity index (χ4n) is 2.69. The minimum Gasteiger partial charge on any atom is -0.490 e. The summed E-state index contributed by atoms with van der Waals surface area (Å²) in [7, 11) is 0. The van der Waals surface area contributed by atoms with E-state index in [0.717, 1.165) is 11.3 Å². The average Bonchev–Trinajstić information content (AvgIpc) is 2.67. The Hall–Kier alpha value is -2.43. The third kappa shape index (κ3) is 5.31. The van der Waals surface area contributed by atoms with Crippen molar-refractivity contribution >= 4 is 28.9 Å². The number of hydrogen-bond donors (Lipinski definition) is 1. The summed E-state index contributed by atoms with van der Waals surface area (Å²) in [6.45, 7) is 2.93. The van der Waals surface area contributed by atoms with Crippen LogP contribution in [-0.4, -0.2) is 6.61 Å². The van der Waals surface area contributed by atoms with Gasteiger partial charge in [-0.3, -0.25) is 0 Å². The lowest BCUT2D eigenvalue weighted by Gasteiger charge is -2.16. The normalized spacial score (nSPS) is 10.6. The minimum absolute atomic E-state index is 0.0621. The van der Waals surface area contributed by atoms with Gasteiger partial charge >= 0.3 is 0 Å². The van der Waals surface area contributed by atoms with E-state index in [1.807, 2.05) is 37.3 Å². The van der Waals surface area contributed by atoms with Crippen LogP contribution in [0.2, 0.25) is 10.0 Å². The lowest BCUT2D eigenvalue weighted by Crippen LogP contribution is -2.04. The summed E-state index contributed by atoms with van der Waals surface area (Å²) in [6.07, 6.45) is 0. The molecule has 0 aliphatic heterocycles. The Morgan fingerprint density at radius 1 is 0.964 bits per heavy atom. The van der Waals surface area contributed by atoms with Crippen LogP contribution in [0.1, 0.15) is 18.1 Å². The number of nitrogens with one attached hydrogen (secondary N) is 1. The molecule has 0 aliphatic rings. The van der Waals surface area contributed by atoms with Gasteiger partial charge in [0.25, 0.3) is 0 Å². The number of ether oxygens (including phenoxy) is 2. The van der Waals surface area contributed by atoms with Crippen LogP contribution in [0.3, 0.4) is 0 Å².